The average molecular weight is 217 g/mol. The first-order valence-electron chi connectivity index (χ1n) is 5.15. The number of carboxylic acid groups (broad SMARTS) is 1. The minimum Gasteiger partial charge on any atom is -0.481 e. The van der Waals surface area contributed by atoms with Crippen LogP contribution in [0.25, 0.3) is 0 Å². The SMILES string of the molecule is CCOCCC(=O)NCCC(C)C(=O)O. The lowest BCUT2D eigenvalue weighted by Gasteiger charge is -2.07. The fraction of sp³-hybridized carbons (Fsp3) is 0.800. The van der Waals surface area contributed by atoms with Gasteiger partial charge in [-0.1, -0.05) is 6.92 Å². The lowest BCUT2D eigenvalue weighted by atomic mass is 10.1. The average Bonchev–Trinajstić information content (AvgIpc) is 2.18. The highest BCUT2D eigenvalue weighted by Crippen LogP contribution is 1.99. The molecular weight excluding hydrogens is 198 g/mol. The maximum absolute atomic E-state index is 11.1. The Balaban J connectivity index is 3.42. The van der Waals surface area contributed by atoms with Gasteiger partial charge in [0, 0.05) is 19.6 Å². The molecule has 0 saturated heterocycles. The summed E-state index contributed by atoms with van der Waals surface area (Å²) in [5.41, 5.74) is 0. The molecule has 5 heteroatoms. The third-order valence-electron chi connectivity index (χ3n) is 2.00. The van der Waals surface area contributed by atoms with Gasteiger partial charge in [-0.25, -0.2) is 0 Å². The first-order valence-corrected chi connectivity index (χ1v) is 5.15. The Morgan fingerprint density at radius 2 is 2.13 bits per heavy atom. The molecule has 2 N–H and O–H groups in total. The van der Waals surface area contributed by atoms with Gasteiger partial charge in [-0.3, -0.25) is 9.59 Å². The molecule has 0 saturated carbocycles. The second kappa shape index (κ2) is 8.23. The summed E-state index contributed by atoms with van der Waals surface area (Å²) in [6.07, 6.45) is 0.783. The van der Waals surface area contributed by atoms with E-state index in [-0.39, 0.29) is 5.91 Å². The van der Waals surface area contributed by atoms with E-state index in [0.29, 0.717) is 32.6 Å². The molecule has 0 fully saturated rings. The van der Waals surface area contributed by atoms with Gasteiger partial charge in [-0.15, -0.1) is 0 Å². The summed E-state index contributed by atoms with van der Waals surface area (Å²) in [4.78, 5) is 21.6. The Kier molecular flexibility index (Phi) is 7.62. The summed E-state index contributed by atoms with van der Waals surface area (Å²) >= 11 is 0. The van der Waals surface area contributed by atoms with Crippen molar-refractivity contribution in [3.05, 3.63) is 0 Å². The van der Waals surface area contributed by atoms with E-state index < -0.39 is 11.9 Å². The van der Waals surface area contributed by atoms with Crippen LogP contribution in [0, 0.1) is 5.92 Å². The summed E-state index contributed by atoms with van der Waals surface area (Å²) in [5.74, 6) is -1.35. The van der Waals surface area contributed by atoms with E-state index >= 15 is 0 Å². The zero-order valence-corrected chi connectivity index (χ0v) is 9.28. The second-order valence-electron chi connectivity index (χ2n) is 3.32. The molecule has 0 aromatic carbocycles. The molecule has 0 radical (unpaired) electrons. The monoisotopic (exact) mass is 217 g/mol. The first kappa shape index (κ1) is 13.9. The number of hydrogen-bond acceptors (Lipinski definition) is 3. The molecule has 1 atom stereocenters. The van der Waals surface area contributed by atoms with E-state index in [2.05, 4.69) is 5.32 Å². The molecule has 88 valence electrons. The third kappa shape index (κ3) is 7.93. The number of nitrogens with one attached hydrogen (secondary N) is 1. The Hall–Kier alpha value is -1.10. The topological polar surface area (TPSA) is 75.6 Å². The van der Waals surface area contributed by atoms with Crippen molar-refractivity contribution < 1.29 is 19.4 Å². The Labute approximate surface area is 89.8 Å². The zero-order chi connectivity index (χ0) is 11.7. The number of ether oxygens (including phenoxy) is 1. The van der Waals surface area contributed by atoms with E-state index in [4.69, 9.17) is 9.84 Å². The number of rotatable bonds is 8. The molecule has 0 bridgehead atoms. The molecule has 0 aliphatic carbocycles. The molecule has 0 heterocycles. The zero-order valence-electron chi connectivity index (χ0n) is 9.28. The Morgan fingerprint density at radius 3 is 2.67 bits per heavy atom. The molecule has 5 nitrogen and oxygen atoms in total. The molecule has 0 aliphatic rings. The quantitative estimate of drug-likeness (QED) is 0.585. The number of carbonyl (C=O) groups is 2. The summed E-state index contributed by atoms with van der Waals surface area (Å²) in [5, 5.41) is 11.2. The minimum atomic E-state index is -0.835. The largest absolute Gasteiger partial charge is 0.481 e. The number of carboxylic acids is 1. The molecule has 0 aromatic rings. The van der Waals surface area contributed by atoms with Gasteiger partial charge < -0.3 is 15.2 Å². The predicted octanol–water partition coefficient (Wildman–Crippen LogP) is 0.640. The maximum atomic E-state index is 11.1. The van der Waals surface area contributed by atoms with Gasteiger partial charge in [0.1, 0.15) is 0 Å². The normalized spacial score (nSPS) is 12.1. The molecular formula is C10H19NO4. The summed E-state index contributed by atoms with van der Waals surface area (Å²) < 4.78 is 5.01. The van der Waals surface area contributed by atoms with Crippen LogP contribution in [0.15, 0.2) is 0 Å². The van der Waals surface area contributed by atoms with Crippen LogP contribution in [0.5, 0.6) is 0 Å². The van der Waals surface area contributed by atoms with Gasteiger partial charge in [0.2, 0.25) is 5.91 Å². The van der Waals surface area contributed by atoms with Crippen LogP contribution in [0.4, 0.5) is 0 Å². The van der Waals surface area contributed by atoms with Crippen molar-refractivity contribution in [2.75, 3.05) is 19.8 Å². The van der Waals surface area contributed by atoms with Crippen LogP contribution in [-0.4, -0.2) is 36.7 Å². The van der Waals surface area contributed by atoms with Crippen molar-refractivity contribution in [3.63, 3.8) is 0 Å². The van der Waals surface area contributed by atoms with Gasteiger partial charge >= 0.3 is 5.97 Å². The fourth-order valence-corrected chi connectivity index (χ4v) is 0.949. The molecule has 0 spiro atoms. The maximum Gasteiger partial charge on any atom is 0.306 e. The number of carbonyl (C=O) groups excluding carboxylic acids is 1. The number of hydrogen-bond donors (Lipinski definition) is 2. The van der Waals surface area contributed by atoms with Crippen LogP contribution in [-0.2, 0) is 14.3 Å². The smallest absolute Gasteiger partial charge is 0.306 e. The van der Waals surface area contributed by atoms with Gasteiger partial charge in [0.25, 0.3) is 0 Å². The van der Waals surface area contributed by atoms with Gasteiger partial charge in [-0.2, -0.15) is 0 Å². The molecule has 0 aromatic heterocycles. The van der Waals surface area contributed by atoms with Crippen LogP contribution >= 0.6 is 0 Å². The number of aliphatic carboxylic acids is 1. The highest BCUT2D eigenvalue weighted by molar-refractivity contribution is 5.76. The highest BCUT2D eigenvalue weighted by Gasteiger charge is 2.10. The Bertz CT molecular complexity index is 206. The lowest BCUT2D eigenvalue weighted by Crippen LogP contribution is -2.27. The van der Waals surface area contributed by atoms with E-state index in [1.165, 1.54) is 0 Å². The van der Waals surface area contributed by atoms with Crippen molar-refractivity contribution in [2.24, 2.45) is 5.92 Å². The van der Waals surface area contributed by atoms with Gasteiger partial charge in [-0.05, 0) is 13.3 Å². The standard InChI is InChI=1S/C10H19NO4/c1-3-15-7-5-9(12)11-6-4-8(2)10(13)14/h8H,3-7H2,1-2H3,(H,11,12)(H,13,14). The van der Waals surface area contributed by atoms with E-state index in [1.54, 1.807) is 6.92 Å². The Morgan fingerprint density at radius 1 is 1.47 bits per heavy atom. The van der Waals surface area contributed by atoms with E-state index in [1.807, 2.05) is 6.92 Å². The van der Waals surface area contributed by atoms with Crippen molar-refractivity contribution >= 4 is 11.9 Å². The third-order valence-corrected chi connectivity index (χ3v) is 2.00. The molecule has 15 heavy (non-hydrogen) atoms. The van der Waals surface area contributed by atoms with Crippen molar-refractivity contribution in [1.29, 1.82) is 0 Å². The van der Waals surface area contributed by atoms with Crippen LogP contribution in [0.1, 0.15) is 26.7 Å². The van der Waals surface area contributed by atoms with Crippen LogP contribution < -0.4 is 5.32 Å². The molecule has 0 rings (SSSR count). The van der Waals surface area contributed by atoms with Crippen LogP contribution in [0.2, 0.25) is 0 Å². The number of amides is 1. The van der Waals surface area contributed by atoms with E-state index in [0.717, 1.165) is 0 Å². The summed E-state index contributed by atoms with van der Waals surface area (Å²) in [6, 6.07) is 0. The second-order valence-corrected chi connectivity index (χ2v) is 3.32. The van der Waals surface area contributed by atoms with Gasteiger partial charge in [0.05, 0.1) is 12.5 Å². The van der Waals surface area contributed by atoms with Crippen molar-refractivity contribution in [1.82, 2.24) is 5.32 Å². The molecule has 1 unspecified atom stereocenters. The summed E-state index contributed by atoms with van der Waals surface area (Å²) in [7, 11) is 0. The van der Waals surface area contributed by atoms with Gasteiger partial charge in [0.15, 0.2) is 0 Å². The van der Waals surface area contributed by atoms with E-state index in [9.17, 15) is 9.59 Å². The summed E-state index contributed by atoms with van der Waals surface area (Å²) in [6.45, 7) is 4.90. The first-order chi connectivity index (χ1) is 7.07. The van der Waals surface area contributed by atoms with Crippen LogP contribution in [0.3, 0.4) is 0 Å². The molecule has 0 aliphatic heterocycles. The highest BCUT2D eigenvalue weighted by atomic mass is 16.5. The molecule has 1 amide bonds. The fourth-order valence-electron chi connectivity index (χ4n) is 0.949. The predicted molar refractivity (Wildman–Crippen MR) is 55.5 cm³/mol. The lowest BCUT2D eigenvalue weighted by molar-refractivity contribution is -0.141. The van der Waals surface area contributed by atoms with Crippen molar-refractivity contribution in [3.8, 4) is 0 Å². The van der Waals surface area contributed by atoms with Crippen molar-refractivity contribution in [2.45, 2.75) is 26.7 Å². The minimum absolute atomic E-state index is 0.0963.